The fraction of sp³-hybridized carbons (Fsp3) is 0.273. The molecule has 0 radical (unpaired) electrons. The topological polar surface area (TPSA) is 58.4 Å². The van der Waals surface area contributed by atoms with Crippen molar-refractivity contribution >= 4 is 44.7 Å². The molecule has 0 aromatic heterocycles. The van der Waals surface area contributed by atoms with Crippen molar-refractivity contribution in [2.75, 3.05) is 25.5 Å². The molecule has 4 nitrogen and oxygen atoms in total. The highest BCUT2D eigenvalue weighted by Gasteiger charge is 2.12. The fourth-order valence-electron chi connectivity index (χ4n) is 1.41. The third-order valence-corrected chi connectivity index (χ3v) is 3.01. The zero-order chi connectivity index (χ0) is 13.0. The van der Waals surface area contributed by atoms with E-state index in [9.17, 15) is 4.79 Å². The van der Waals surface area contributed by atoms with E-state index >= 15 is 0 Å². The van der Waals surface area contributed by atoms with Crippen molar-refractivity contribution in [3.63, 3.8) is 0 Å². The van der Waals surface area contributed by atoms with Gasteiger partial charge in [-0.1, -0.05) is 28.1 Å². The van der Waals surface area contributed by atoms with Gasteiger partial charge in [-0.3, -0.25) is 4.79 Å². The normalized spacial score (nSPS) is 9.82. The van der Waals surface area contributed by atoms with Crippen LogP contribution in [-0.2, 0) is 4.79 Å². The maximum Gasteiger partial charge on any atom is 0.239 e. The van der Waals surface area contributed by atoms with Crippen LogP contribution >= 0.6 is 28.1 Å². The summed E-state index contributed by atoms with van der Waals surface area (Å²) >= 11 is 8.38. The first-order valence-corrected chi connectivity index (χ1v) is 6.17. The molecule has 17 heavy (non-hydrogen) atoms. The van der Waals surface area contributed by atoms with Gasteiger partial charge in [0.1, 0.15) is 4.99 Å². The second-order valence-corrected chi connectivity index (χ2v) is 4.91. The Balaban J connectivity index is 3.06. The summed E-state index contributed by atoms with van der Waals surface area (Å²) in [6.07, 6.45) is 0. The lowest BCUT2D eigenvalue weighted by molar-refractivity contribution is -0.119. The summed E-state index contributed by atoms with van der Waals surface area (Å²) in [5, 5.41) is 2.57. The molecule has 0 atom stereocenters. The molecule has 1 aromatic rings. The Bertz CT molecular complexity index is 450. The summed E-state index contributed by atoms with van der Waals surface area (Å²) in [6.45, 7) is 0.253. The minimum absolute atomic E-state index is 0.0682. The molecule has 0 aliphatic heterocycles. The first-order chi connectivity index (χ1) is 7.95. The van der Waals surface area contributed by atoms with Crippen LogP contribution in [0, 0.1) is 0 Å². The number of amides is 1. The number of hydrogen-bond acceptors (Lipinski definition) is 3. The van der Waals surface area contributed by atoms with Gasteiger partial charge in [0.15, 0.2) is 0 Å². The van der Waals surface area contributed by atoms with Crippen molar-refractivity contribution in [2.24, 2.45) is 5.73 Å². The number of halogens is 1. The number of thiocarbonyl (C=S) groups is 1. The van der Waals surface area contributed by atoms with Crippen LogP contribution in [0.1, 0.15) is 5.56 Å². The van der Waals surface area contributed by atoms with Gasteiger partial charge in [0, 0.05) is 29.8 Å². The van der Waals surface area contributed by atoms with Gasteiger partial charge in [-0.25, -0.2) is 0 Å². The Morgan fingerprint density at radius 2 is 2.24 bits per heavy atom. The maximum absolute atomic E-state index is 11.3. The van der Waals surface area contributed by atoms with Crippen molar-refractivity contribution in [3.05, 3.63) is 28.2 Å². The van der Waals surface area contributed by atoms with Crippen LogP contribution in [-0.4, -0.2) is 31.5 Å². The Morgan fingerprint density at radius 3 is 2.76 bits per heavy atom. The average molecular weight is 316 g/mol. The molecule has 0 saturated carbocycles. The molecule has 0 aliphatic rings. The van der Waals surface area contributed by atoms with Crippen LogP contribution < -0.4 is 16.0 Å². The minimum atomic E-state index is -0.0682. The Hall–Kier alpha value is -1.14. The van der Waals surface area contributed by atoms with Crippen molar-refractivity contribution in [3.8, 4) is 0 Å². The lowest BCUT2D eigenvalue weighted by Crippen LogP contribution is -2.34. The van der Waals surface area contributed by atoms with E-state index in [0.717, 1.165) is 15.7 Å². The monoisotopic (exact) mass is 315 g/mol. The van der Waals surface area contributed by atoms with E-state index in [2.05, 4.69) is 21.2 Å². The Kier molecular flexibility index (Phi) is 4.89. The zero-order valence-corrected chi connectivity index (χ0v) is 12.1. The summed E-state index contributed by atoms with van der Waals surface area (Å²) in [5.74, 6) is -0.0682. The largest absolute Gasteiger partial charge is 0.389 e. The number of anilines is 1. The highest BCUT2D eigenvalue weighted by molar-refractivity contribution is 9.10. The van der Waals surface area contributed by atoms with Crippen LogP contribution in [0.2, 0.25) is 0 Å². The molecule has 1 amide bonds. The third-order valence-electron chi connectivity index (χ3n) is 2.30. The van der Waals surface area contributed by atoms with Crippen molar-refractivity contribution in [1.82, 2.24) is 5.32 Å². The molecule has 0 unspecified atom stereocenters. The van der Waals surface area contributed by atoms with E-state index in [4.69, 9.17) is 18.0 Å². The molecule has 0 fully saturated rings. The van der Waals surface area contributed by atoms with E-state index in [1.165, 1.54) is 0 Å². The van der Waals surface area contributed by atoms with E-state index in [0.29, 0.717) is 4.99 Å². The second-order valence-electron chi connectivity index (χ2n) is 3.55. The predicted molar refractivity (Wildman–Crippen MR) is 77.4 cm³/mol. The van der Waals surface area contributed by atoms with Crippen molar-refractivity contribution in [2.45, 2.75) is 0 Å². The number of nitrogens with zero attached hydrogens (tertiary/aromatic N) is 1. The van der Waals surface area contributed by atoms with Crippen LogP contribution in [0.4, 0.5) is 5.69 Å². The number of benzene rings is 1. The van der Waals surface area contributed by atoms with Gasteiger partial charge in [0.2, 0.25) is 5.91 Å². The number of nitrogens with two attached hydrogens (primary N) is 1. The van der Waals surface area contributed by atoms with Gasteiger partial charge < -0.3 is 16.0 Å². The van der Waals surface area contributed by atoms with Gasteiger partial charge in [-0.2, -0.15) is 0 Å². The third kappa shape index (κ3) is 3.67. The molecule has 0 bridgehead atoms. The molecule has 92 valence electrons. The van der Waals surface area contributed by atoms with E-state index in [1.807, 2.05) is 25.2 Å². The minimum Gasteiger partial charge on any atom is -0.389 e. The lowest BCUT2D eigenvalue weighted by atomic mass is 10.1. The molecule has 0 aliphatic carbocycles. The van der Waals surface area contributed by atoms with E-state index < -0.39 is 0 Å². The summed E-state index contributed by atoms with van der Waals surface area (Å²) < 4.78 is 0.913. The second kappa shape index (κ2) is 5.97. The highest BCUT2D eigenvalue weighted by atomic mass is 79.9. The Labute approximate surface area is 114 Å². The fourth-order valence-corrected chi connectivity index (χ4v) is 1.93. The molecule has 1 rings (SSSR count). The number of nitrogens with one attached hydrogen (secondary N) is 1. The van der Waals surface area contributed by atoms with Crippen LogP contribution in [0.3, 0.4) is 0 Å². The maximum atomic E-state index is 11.3. The molecular formula is C11H14BrN3OS. The summed E-state index contributed by atoms with van der Waals surface area (Å²) in [6, 6.07) is 5.59. The average Bonchev–Trinajstić information content (AvgIpc) is 2.28. The Morgan fingerprint density at radius 1 is 1.59 bits per heavy atom. The summed E-state index contributed by atoms with van der Waals surface area (Å²) in [5.41, 5.74) is 7.24. The number of rotatable bonds is 4. The SMILES string of the molecule is CNC(=O)CN(C)c1cc(Br)ccc1C(N)=S. The molecular weight excluding hydrogens is 302 g/mol. The number of hydrogen-bond donors (Lipinski definition) is 2. The summed E-state index contributed by atoms with van der Waals surface area (Å²) in [4.78, 5) is 13.5. The van der Waals surface area contributed by atoms with Gasteiger partial charge in [0.25, 0.3) is 0 Å². The van der Waals surface area contributed by atoms with Crippen LogP contribution in [0.25, 0.3) is 0 Å². The molecule has 3 N–H and O–H groups in total. The number of likely N-dealkylation sites (N-methyl/N-ethyl adjacent to an activating group) is 2. The van der Waals surface area contributed by atoms with E-state index in [1.54, 1.807) is 11.9 Å². The van der Waals surface area contributed by atoms with Crippen LogP contribution in [0.15, 0.2) is 22.7 Å². The van der Waals surface area contributed by atoms with E-state index in [-0.39, 0.29) is 12.5 Å². The van der Waals surface area contributed by atoms with Gasteiger partial charge in [-0.05, 0) is 18.2 Å². The number of carbonyl (C=O) groups excluding carboxylic acids is 1. The highest BCUT2D eigenvalue weighted by Crippen LogP contribution is 2.24. The molecule has 6 heteroatoms. The van der Waals surface area contributed by atoms with Gasteiger partial charge in [0.05, 0.1) is 6.54 Å². The quantitative estimate of drug-likeness (QED) is 0.821. The first-order valence-electron chi connectivity index (χ1n) is 4.96. The molecule has 0 spiro atoms. The molecule has 0 saturated heterocycles. The molecule has 1 aromatic carbocycles. The lowest BCUT2D eigenvalue weighted by Gasteiger charge is -2.21. The number of carbonyl (C=O) groups is 1. The van der Waals surface area contributed by atoms with Crippen LogP contribution in [0.5, 0.6) is 0 Å². The predicted octanol–water partition coefficient (Wildman–Crippen LogP) is 1.27. The zero-order valence-electron chi connectivity index (χ0n) is 9.66. The smallest absolute Gasteiger partial charge is 0.239 e. The van der Waals surface area contributed by atoms with Crippen molar-refractivity contribution in [1.29, 1.82) is 0 Å². The first kappa shape index (κ1) is 13.9. The standard InChI is InChI=1S/C11H14BrN3OS/c1-14-10(16)6-15(2)9-5-7(12)3-4-8(9)11(13)17/h3-5H,6H2,1-2H3,(H2,13,17)(H,14,16). The molecule has 0 heterocycles. The van der Waals surface area contributed by atoms with Gasteiger partial charge in [-0.15, -0.1) is 0 Å². The summed E-state index contributed by atoms with van der Waals surface area (Å²) in [7, 11) is 3.42. The van der Waals surface area contributed by atoms with Crippen molar-refractivity contribution < 1.29 is 4.79 Å². The van der Waals surface area contributed by atoms with Gasteiger partial charge >= 0.3 is 0 Å².